The molecule has 0 bridgehead atoms. The van der Waals surface area contributed by atoms with Crippen molar-refractivity contribution < 1.29 is 9.59 Å². The van der Waals surface area contributed by atoms with Gasteiger partial charge in [0.2, 0.25) is 0 Å². The summed E-state index contributed by atoms with van der Waals surface area (Å²) in [6.45, 7) is 1.69. The van der Waals surface area contributed by atoms with E-state index in [4.69, 9.17) is 17.3 Å². The van der Waals surface area contributed by atoms with Gasteiger partial charge < -0.3 is 16.0 Å². The van der Waals surface area contributed by atoms with Crippen LogP contribution in [0.15, 0.2) is 50.1 Å². The molecular formula is C19H16Br3ClN6O2. The average molecular weight is 636 g/mol. The first-order valence-corrected chi connectivity index (χ1v) is 11.6. The van der Waals surface area contributed by atoms with Crippen molar-refractivity contribution in [1.29, 1.82) is 0 Å². The lowest BCUT2D eigenvalue weighted by Crippen LogP contribution is -2.41. The van der Waals surface area contributed by atoms with Crippen molar-refractivity contribution in [1.82, 2.24) is 19.7 Å². The standard InChI is InChI=1S/C19H16Br3ClN6O2/c1-9(24)28(2)19(31)11-6-10(20)7-12(21)16(11)26-18(30)14-8-15(22)27-29(14)17-13(23)4-3-5-25-17/h3-9H,24H2,1-2H3,(H,26,30). The maximum atomic E-state index is 13.2. The molecule has 2 aromatic heterocycles. The van der Waals surface area contributed by atoms with E-state index in [9.17, 15) is 9.59 Å². The van der Waals surface area contributed by atoms with Crippen molar-refractivity contribution in [2.45, 2.75) is 13.1 Å². The van der Waals surface area contributed by atoms with E-state index in [0.29, 0.717) is 30.1 Å². The lowest BCUT2D eigenvalue weighted by molar-refractivity contribution is 0.0748. The number of hydrogen-bond donors (Lipinski definition) is 2. The van der Waals surface area contributed by atoms with Crippen LogP contribution in [0.5, 0.6) is 0 Å². The molecule has 0 saturated heterocycles. The molecule has 0 aliphatic heterocycles. The van der Waals surface area contributed by atoms with E-state index in [1.165, 1.54) is 15.6 Å². The molecule has 1 unspecified atom stereocenters. The van der Waals surface area contributed by atoms with Gasteiger partial charge in [-0.15, -0.1) is 0 Å². The number of benzene rings is 1. The fourth-order valence-corrected chi connectivity index (χ4v) is 4.53. The lowest BCUT2D eigenvalue weighted by atomic mass is 10.1. The van der Waals surface area contributed by atoms with Gasteiger partial charge in [-0.3, -0.25) is 9.59 Å². The number of pyridine rings is 1. The molecule has 2 amide bonds. The Labute approximate surface area is 208 Å². The highest BCUT2D eigenvalue weighted by Gasteiger charge is 2.25. The smallest absolute Gasteiger partial charge is 0.274 e. The van der Waals surface area contributed by atoms with Gasteiger partial charge in [0, 0.05) is 28.3 Å². The summed E-state index contributed by atoms with van der Waals surface area (Å²) < 4.78 is 2.91. The first-order chi connectivity index (χ1) is 14.6. The molecule has 162 valence electrons. The zero-order valence-electron chi connectivity index (χ0n) is 16.2. The third kappa shape index (κ3) is 5.17. The number of carbonyl (C=O) groups excluding carboxylic acids is 2. The van der Waals surface area contributed by atoms with E-state index in [2.05, 4.69) is 63.2 Å². The maximum absolute atomic E-state index is 13.2. The van der Waals surface area contributed by atoms with Gasteiger partial charge in [0.1, 0.15) is 10.3 Å². The summed E-state index contributed by atoms with van der Waals surface area (Å²) in [5.41, 5.74) is 6.57. The number of amides is 2. The highest BCUT2D eigenvalue weighted by Crippen LogP contribution is 2.32. The quantitative estimate of drug-likeness (QED) is 0.391. The highest BCUT2D eigenvalue weighted by atomic mass is 79.9. The van der Waals surface area contributed by atoms with E-state index in [-0.39, 0.29) is 17.2 Å². The zero-order chi connectivity index (χ0) is 22.9. The third-order valence-corrected chi connectivity index (χ3v) is 6.07. The van der Waals surface area contributed by atoms with Crippen LogP contribution in [0.25, 0.3) is 5.82 Å². The minimum absolute atomic E-state index is 0.168. The van der Waals surface area contributed by atoms with E-state index in [0.717, 1.165) is 0 Å². The van der Waals surface area contributed by atoms with Gasteiger partial charge >= 0.3 is 0 Å². The molecule has 0 spiro atoms. The predicted octanol–water partition coefficient (Wildman–Crippen LogP) is 4.84. The van der Waals surface area contributed by atoms with Crippen LogP contribution in [0, 0.1) is 0 Å². The monoisotopic (exact) mass is 632 g/mol. The van der Waals surface area contributed by atoms with E-state index in [1.54, 1.807) is 44.4 Å². The third-order valence-electron chi connectivity index (χ3n) is 4.31. The molecule has 0 radical (unpaired) electrons. The van der Waals surface area contributed by atoms with Crippen LogP contribution < -0.4 is 11.1 Å². The van der Waals surface area contributed by atoms with Crippen molar-refractivity contribution in [3.63, 3.8) is 0 Å². The molecule has 0 aliphatic rings. The maximum Gasteiger partial charge on any atom is 0.274 e. The Hall–Kier alpha value is -1.79. The molecule has 3 aromatic rings. The Bertz CT molecular complexity index is 1170. The molecule has 12 heteroatoms. The molecule has 3 N–H and O–H groups in total. The largest absolute Gasteiger partial charge is 0.327 e. The molecule has 0 saturated carbocycles. The first-order valence-electron chi connectivity index (χ1n) is 8.79. The van der Waals surface area contributed by atoms with Crippen molar-refractivity contribution in [2.24, 2.45) is 5.73 Å². The van der Waals surface area contributed by atoms with Gasteiger partial charge in [-0.1, -0.05) is 27.5 Å². The Balaban J connectivity index is 2.04. The topological polar surface area (TPSA) is 106 Å². The Morgan fingerprint density at radius 2 is 1.97 bits per heavy atom. The number of aromatic nitrogens is 3. The van der Waals surface area contributed by atoms with Crippen molar-refractivity contribution in [3.8, 4) is 5.82 Å². The number of nitrogens with zero attached hydrogens (tertiary/aromatic N) is 4. The molecule has 31 heavy (non-hydrogen) atoms. The molecule has 8 nitrogen and oxygen atoms in total. The van der Waals surface area contributed by atoms with Crippen LogP contribution in [0.3, 0.4) is 0 Å². The first kappa shape index (κ1) is 23.9. The van der Waals surface area contributed by atoms with E-state index >= 15 is 0 Å². The summed E-state index contributed by atoms with van der Waals surface area (Å²) in [6, 6.07) is 8.19. The van der Waals surface area contributed by atoms with Crippen LogP contribution in [0.2, 0.25) is 5.02 Å². The summed E-state index contributed by atoms with van der Waals surface area (Å²) in [6.07, 6.45) is 1.03. The van der Waals surface area contributed by atoms with Gasteiger partial charge in [-0.2, -0.15) is 5.10 Å². The Morgan fingerprint density at radius 1 is 1.26 bits per heavy atom. The van der Waals surface area contributed by atoms with Gasteiger partial charge in [-0.25, -0.2) is 9.67 Å². The zero-order valence-corrected chi connectivity index (χ0v) is 21.7. The molecule has 2 heterocycles. The molecule has 1 atom stereocenters. The lowest BCUT2D eigenvalue weighted by Gasteiger charge is -2.23. The van der Waals surface area contributed by atoms with Gasteiger partial charge in [0.25, 0.3) is 11.8 Å². The number of anilines is 1. The molecule has 0 fully saturated rings. The second kappa shape index (κ2) is 9.78. The number of nitrogens with two attached hydrogens (primary N) is 1. The van der Waals surface area contributed by atoms with Crippen LogP contribution >= 0.6 is 59.4 Å². The molecule has 1 aromatic carbocycles. The van der Waals surface area contributed by atoms with Gasteiger partial charge in [-0.05, 0) is 63.0 Å². The number of halogens is 4. The Kier molecular flexibility index (Phi) is 7.53. The number of rotatable bonds is 5. The summed E-state index contributed by atoms with van der Waals surface area (Å²) in [7, 11) is 1.59. The highest BCUT2D eigenvalue weighted by molar-refractivity contribution is 9.11. The molecule has 3 rings (SSSR count). The minimum atomic E-state index is -0.516. The summed E-state index contributed by atoms with van der Waals surface area (Å²) >= 11 is 16.3. The van der Waals surface area contributed by atoms with Gasteiger partial charge in [0.05, 0.1) is 22.4 Å². The van der Waals surface area contributed by atoms with E-state index in [1.807, 2.05) is 0 Å². The minimum Gasteiger partial charge on any atom is -0.327 e. The van der Waals surface area contributed by atoms with Gasteiger partial charge in [0.15, 0.2) is 5.82 Å². The van der Waals surface area contributed by atoms with Crippen molar-refractivity contribution >= 4 is 76.9 Å². The number of hydrogen-bond acceptors (Lipinski definition) is 5. The average Bonchev–Trinajstić information content (AvgIpc) is 3.10. The van der Waals surface area contributed by atoms with Crippen LogP contribution in [-0.4, -0.2) is 44.7 Å². The fraction of sp³-hybridized carbons (Fsp3) is 0.158. The predicted molar refractivity (Wildman–Crippen MR) is 130 cm³/mol. The molecule has 0 aliphatic carbocycles. The second-order valence-electron chi connectivity index (χ2n) is 6.49. The summed E-state index contributed by atoms with van der Waals surface area (Å²) in [5, 5.41) is 7.38. The van der Waals surface area contributed by atoms with Crippen molar-refractivity contribution in [3.05, 3.63) is 66.4 Å². The number of carbonyl (C=O) groups is 2. The van der Waals surface area contributed by atoms with Crippen LogP contribution in [0.4, 0.5) is 5.69 Å². The van der Waals surface area contributed by atoms with E-state index < -0.39 is 12.1 Å². The number of nitrogens with one attached hydrogen (secondary N) is 1. The van der Waals surface area contributed by atoms with Crippen LogP contribution in [0.1, 0.15) is 27.8 Å². The second-order valence-corrected chi connectivity index (χ2v) is 9.48. The molecular weight excluding hydrogens is 619 g/mol. The SMILES string of the molecule is CC(N)N(C)C(=O)c1cc(Br)cc(Br)c1NC(=O)c1cc(Br)nn1-c1ncccc1Cl. The fourth-order valence-electron chi connectivity index (χ4n) is 2.63. The Morgan fingerprint density at radius 3 is 2.61 bits per heavy atom. The van der Waals surface area contributed by atoms with Crippen LogP contribution in [-0.2, 0) is 0 Å². The summed E-state index contributed by atoms with van der Waals surface area (Å²) in [5.74, 6) is -0.571. The summed E-state index contributed by atoms with van der Waals surface area (Å²) in [4.78, 5) is 31.8. The van der Waals surface area contributed by atoms with Crippen molar-refractivity contribution in [2.75, 3.05) is 12.4 Å². The normalized spacial score (nSPS) is 11.8.